The van der Waals surface area contributed by atoms with Gasteiger partial charge in [0.1, 0.15) is 5.56 Å². The Labute approximate surface area is 274 Å². The molecule has 0 saturated carbocycles. The van der Waals surface area contributed by atoms with Gasteiger partial charge in [-0.3, -0.25) is 9.59 Å². The molecular formula is C34H36O10Ti+4. The first-order chi connectivity index (χ1) is 20.8. The van der Waals surface area contributed by atoms with Crippen LogP contribution in [0.25, 0.3) is 0 Å². The van der Waals surface area contributed by atoms with Gasteiger partial charge < -0.3 is 40.2 Å². The molecule has 4 aromatic carbocycles. The zero-order chi connectivity index (χ0) is 33.1. The van der Waals surface area contributed by atoms with Crippen molar-refractivity contribution in [2.24, 2.45) is 0 Å². The van der Waals surface area contributed by atoms with E-state index in [1.165, 1.54) is 74.5 Å². The number of carbonyl (C=O) groups excluding carboxylic acids is 3. The summed E-state index contributed by atoms with van der Waals surface area (Å²) in [6.45, 7) is 3.03. The molecule has 0 spiro atoms. The van der Waals surface area contributed by atoms with Crippen LogP contribution in [0, 0.1) is 0 Å². The monoisotopic (exact) mass is 652 g/mol. The van der Waals surface area contributed by atoms with E-state index in [-0.39, 0.29) is 50.4 Å². The number of rotatable bonds is 6. The maximum absolute atomic E-state index is 10.1. The van der Waals surface area contributed by atoms with E-state index in [4.69, 9.17) is 30.3 Å². The molecule has 0 amide bonds. The number of aliphatic hydroxyl groups is 2. The SMILES string of the molecule is C/C(O)=C/C(=[OH+])c1ccccc1.C/C(O)=C/C(=[OH+])c1ccccc1.O=C([O-])c1ccc([OH2+])cc1.OC(=[OH+])c1ccc([OH2+])cc1.[Ti]. The molecule has 232 valence electrons. The first kappa shape index (κ1) is 39.6. The van der Waals surface area contributed by atoms with Crippen molar-refractivity contribution >= 4 is 23.5 Å². The smallest absolute Gasteiger partial charge is 0.515 e. The fraction of sp³-hybridized carbons (Fsp3) is 0.0588. The molecule has 0 heterocycles. The average molecular weight is 653 g/mol. The van der Waals surface area contributed by atoms with E-state index < -0.39 is 11.9 Å². The summed E-state index contributed by atoms with van der Waals surface area (Å²) >= 11 is 0. The van der Waals surface area contributed by atoms with Crippen LogP contribution in [0.5, 0.6) is 11.5 Å². The fourth-order valence-electron chi connectivity index (χ4n) is 3.01. The van der Waals surface area contributed by atoms with Gasteiger partial charge in [0.25, 0.3) is 11.5 Å². The molecule has 0 unspecified atom stereocenters. The molecule has 0 aromatic heterocycles. The van der Waals surface area contributed by atoms with Crippen molar-refractivity contribution < 1.29 is 71.5 Å². The van der Waals surface area contributed by atoms with E-state index in [1.54, 1.807) is 24.3 Å². The third-order valence-corrected chi connectivity index (χ3v) is 5.09. The second-order valence-electron chi connectivity index (χ2n) is 8.84. The van der Waals surface area contributed by atoms with Crippen LogP contribution in [0.4, 0.5) is 0 Å². The van der Waals surface area contributed by atoms with Crippen molar-refractivity contribution in [3.8, 4) is 11.5 Å². The molecule has 4 rings (SSSR count). The van der Waals surface area contributed by atoms with Gasteiger partial charge in [0, 0.05) is 46.0 Å². The minimum atomic E-state index is -1.21. The molecule has 0 radical (unpaired) electrons. The number of carboxylic acid groups (broad SMARTS) is 2. The zero-order valence-corrected chi connectivity index (χ0v) is 26.1. The van der Waals surface area contributed by atoms with Gasteiger partial charge in [0.15, 0.2) is 0 Å². The third-order valence-electron chi connectivity index (χ3n) is 5.09. The van der Waals surface area contributed by atoms with Crippen molar-refractivity contribution in [1.29, 1.82) is 0 Å². The summed E-state index contributed by atoms with van der Waals surface area (Å²) in [5.41, 5.74) is 1.84. The number of allylic oxidation sites excluding steroid dienone is 4. The number of ketones is 2. The summed E-state index contributed by atoms with van der Waals surface area (Å²) in [7, 11) is 0. The first-order valence-electron chi connectivity index (χ1n) is 12.9. The number of aliphatic hydroxyl groups excluding tert-OH is 3. The average Bonchev–Trinajstić information content (AvgIpc) is 2.99. The summed E-state index contributed by atoms with van der Waals surface area (Å²) in [5, 5.41) is 50.5. The van der Waals surface area contributed by atoms with Crippen LogP contribution in [0.1, 0.15) is 40.9 Å². The second kappa shape index (κ2) is 21.3. The van der Waals surface area contributed by atoms with E-state index in [0.29, 0.717) is 28.2 Å². The van der Waals surface area contributed by atoms with Gasteiger partial charge in [-0.1, -0.05) is 36.4 Å². The number of aromatic carboxylic acids is 2. The topological polar surface area (TPSA) is 211 Å². The van der Waals surface area contributed by atoms with Crippen LogP contribution in [0.2, 0.25) is 0 Å². The van der Waals surface area contributed by atoms with Gasteiger partial charge in [0.2, 0.25) is 0 Å². The minimum Gasteiger partial charge on any atom is -0.593 e. The second-order valence-corrected chi connectivity index (χ2v) is 8.84. The van der Waals surface area contributed by atoms with E-state index >= 15 is 0 Å². The molecule has 0 fully saturated rings. The summed E-state index contributed by atoms with van der Waals surface area (Å²) in [6.07, 6.45) is 2.63. The van der Waals surface area contributed by atoms with E-state index in [1.807, 2.05) is 36.4 Å². The Balaban J connectivity index is 0.000000571. The quantitative estimate of drug-likeness (QED) is 0.0921. The Kier molecular flexibility index (Phi) is 18.7. The number of carbonyl (C=O) groups is 1. The van der Waals surface area contributed by atoms with Crippen LogP contribution < -0.4 is 5.11 Å². The van der Waals surface area contributed by atoms with Gasteiger partial charge in [-0.05, 0) is 67.9 Å². The van der Waals surface area contributed by atoms with Crippen molar-refractivity contribution in [2.75, 3.05) is 0 Å². The minimum absolute atomic E-state index is 0. The Morgan fingerprint density at radius 1 is 0.578 bits per heavy atom. The van der Waals surface area contributed by atoms with Crippen LogP contribution in [0.3, 0.4) is 0 Å². The summed E-state index contributed by atoms with van der Waals surface area (Å²) < 4.78 is 0. The molecule has 10 N–H and O–H groups in total. The number of hydrogen-bond acceptors (Lipinski definition) is 4. The van der Waals surface area contributed by atoms with Gasteiger partial charge in [-0.2, -0.15) is 0 Å². The van der Waals surface area contributed by atoms with Crippen molar-refractivity contribution in [3.05, 3.63) is 155 Å². The Morgan fingerprint density at radius 2 is 0.889 bits per heavy atom. The Morgan fingerprint density at radius 3 is 1.16 bits per heavy atom. The van der Waals surface area contributed by atoms with E-state index in [2.05, 4.69) is 0 Å². The predicted molar refractivity (Wildman–Crippen MR) is 170 cm³/mol. The summed E-state index contributed by atoms with van der Waals surface area (Å²) in [6, 6.07) is 29.5. The molecule has 0 aliphatic heterocycles. The van der Waals surface area contributed by atoms with Crippen molar-refractivity contribution in [2.45, 2.75) is 13.8 Å². The molecule has 11 heteroatoms. The van der Waals surface area contributed by atoms with Gasteiger partial charge >= 0.3 is 17.5 Å². The molecular weight excluding hydrogens is 616 g/mol. The first-order valence-corrected chi connectivity index (χ1v) is 12.9. The molecule has 45 heavy (non-hydrogen) atoms. The molecule has 0 atom stereocenters. The van der Waals surface area contributed by atoms with Crippen LogP contribution >= 0.6 is 0 Å². The number of hydrogen-bond donors (Lipinski definition) is 3. The van der Waals surface area contributed by atoms with E-state index in [0.717, 1.165) is 0 Å². The fourth-order valence-corrected chi connectivity index (χ4v) is 3.01. The molecule has 10 nitrogen and oxygen atoms in total. The van der Waals surface area contributed by atoms with Gasteiger partial charge in [-0.25, -0.2) is 0 Å². The molecule has 0 bridgehead atoms. The maximum atomic E-state index is 10.1. The molecule has 0 aliphatic rings. The van der Waals surface area contributed by atoms with Crippen LogP contribution in [-0.4, -0.2) is 63.4 Å². The van der Waals surface area contributed by atoms with Crippen LogP contribution in [0.15, 0.2) is 133 Å². The summed E-state index contributed by atoms with van der Waals surface area (Å²) in [5.74, 6) is -0.922. The third kappa shape index (κ3) is 17.3. The maximum Gasteiger partial charge on any atom is 0.515 e. The zero-order valence-electron chi connectivity index (χ0n) is 24.5. The van der Waals surface area contributed by atoms with E-state index in [9.17, 15) is 19.5 Å². The molecule has 4 aromatic rings. The number of carboxylic acids is 2. The van der Waals surface area contributed by atoms with Crippen molar-refractivity contribution in [1.82, 2.24) is 0 Å². The Hall–Kier alpha value is -5.45. The van der Waals surface area contributed by atoms with Gasteiger partial charge in [-0.15, -0.1) is 0 Å². The predicted octanol–water partition coefficient (Wildman–Crippen LogP) is 4.10. The van der Waals surface area contributed by atoms with Crippen LogP contribution in [-0.2, 0) is 21.7 Å². The Bertz CT molecular complexity index is 1430. The van der Waals surface area contributed by atoms with Gasteiger partial charge in [0.05, 0.1) is 40.8 Å². The standard InChI is InChI=1S/2C10H10O2.2C7H6O3.Ti/c2*1-8(11)7-10(12)9-5-3-2-4-6-9;2*8-6-3-1-5(2-4-6)7(9)10;/h2*2-7,11H,1H3;2*1-4,8H,(H,9,10);/p+4/b2*8-7-;;;. The van der Waals surface area contributed by atoms with Crippen molar-refractivity contribution in [3.63, 3.8) is 0 Å². The molecule has 0 saturated heterocycles. The normalized spacial score (nSPS) is 10.1. The largest absolute Gasteiger partial charge is 0.593 e. The summed E-state index contributed by atoms with van der Waals surface area (Å²) in [4.78, 5) is 37.4. The molecule has 0 aliphatic carbocycles. The number of benzene rings is 4.